The molecule has 2 aromatic rings. The number of aromatic nitrogens is 1. The minimum absolute atomic E-state index is 0.0667. The molecular formula is C16H19N3OS. The molecule has 0 atom stereocenters. The molecule has 1 amide bonds. The summed E-state index contributed by atoms with van der Waals surface area (Å²) < 4.78 is 0. The Morgan fingerprint density at radius 1 is 1.33 bits per heavy atom. The van der Waals surface area contributed by atoms with Crippen molar-refractivity contribution in [2.24, 2.45) is 0 Å². The van der Waals surface area contributed by atoms with E-state index < -0.39 is 0 Å². The summed E-state index contributed by atoms with van der Waals surface area (Å²) in [6.45, 7) is 2.73. The van der Waals surface area contributed by atoms with Gasteiger partial charge in [-0.05, 0) is 42.0 Å². The Bertz CT molecular complexity index is 591. The summed E-state index contributed by atoms with van der Waals surface area (Å²) in [6.07, 6.45) is 4.77. The number of rotatable bonds is 5. The van der Waals surface area contributed by atoms with Gasteiger partial charge in [0.05, 0.1) is 6.42 Å². The van der Waals surface area contributed by atoms with Gasteiger partial charge in [0, 0.05) is 30.7 Å². The van der Waals surface area contributed by atoms with Crippen LogP contribution in [-0.4, -0.2) is 24.0 Å². The summed E-state index contributed by atoms with van der Waals surface area (Å²) in [6, 6.07) is 8.00. The van der Waals surface area contributed by atoms with Crippen LogP contribution in [0.2, 0.25) is 0 Å². The first-order valence-corrected chi connectivity index (χ1v) is 8.18. The minimum Gasteiger partial charge on any atom is -0.357 e. The van der Waals surface area contributed by atoms with Crippen molar-refractivity contribution in [3.05, 3.63) is 46.3 Å². The normalized spacial score (nSPS) is 14.4. The summed E-state index contributed by atoms with van der Waals surface area (Å²) in [5.74, 6) is 1.09. The van der Waals surface area contributed by atoms with Gasteiger partial charge >= 0.3 is 0 Å². The number of anilines is 1. The standard InChI is InChI=1S/C16H19N3OS/c20-16(11-14-4-3-9-21-14)18-12-13-5-6-17-15(10-13)19-7-1-2-8-19/h3-6,9-10H,1-2,7-8,11-12H2,(H,18,20). The number of nitrogens with zero attached hydrogens (tertiary/aromatic N) is 2. The largest absolute Gasteiger partial charge is 0.357 e. The van der Waals surface area contributed by atoms with E-state index in [1.54, 1.807) is 11.3 Å². The van der Waals surface area contributed by atoms with Gasteiger partial charge in [0.2, 0.25) is 5.91 Å². The van der Waals surface area contributed by atoms with Crippen molar-refractivity contribution in [2.75, 3.05) is 18.0 Å². The second-order valence-corrected chi connectivity index (χ2v) is 6.28. The van der Waals surface area contributed by atoms with E-state index in [1.807, 2.05) is 29.8 Å². The molecule has 2 aromatic heterocycles. The predicted octanol–water partition coefficient (Wildman–Crippen LogP) is 2.60. The molecule has 1 aliphatic rings. The lowest BCUT2D eigenvalue weighted by Gasteiger charge is -2.17. The van der Waals surface area contributed by atoms with Gasteiger partial charge in [-0.2, -0.15) is 0 Å². The molecular weight excluding hydrogens is 282 g/mol. The SMILES string of the molecule is O=C(Cc1cccs1)NCc1ccnc(N2CCCC2)c1. The van der Waals surface area contributed by atoms with Gasteiger partial charge in [-0.15, -0.1) is 11.3 Å². The first-order chi connectivity index (χ1) is 10.3. The summed E-state index contributed by atoms with van der Waals surface area (Å²) >= 11 is 1.61. The van der Waals surface area contributed by atoms with Crippen LogP contribution in [0.5, 0.6) is 0 Å². The third-order valence-corrected chi connectivity index (χ3v) is 4.52. The zero-order valence-corrected chi connectivity index (χ0v) is 12.7. The van der Waals surface area contributed by atoms with Crippen LogP contribution in [0.3, 0.4) is 0 Å². The first kappa shape index (κ1) is 14.1. The van der Waals surface area contributed by atoms with Crippen LogP contribution in [-0.2, 0) is 17.8 Å². The van der Waals surface area contributed by atoms with Crippen molar-refractivity contribution in [3.8, 4) is 0 Å². The number of nitrogens with one attached hydrogen (secondary N) is 1. The molecule has 3 heterocycles. The van der Waals surface area contributed by atoms with Crippen LogP contribution in [0.15, 0.2) is 35.8 Å². The van der Waals surface area contributed by atoms with E-state index in [0.29, 0.717) is 13.0 Å². The quantitative estimate of drug-likeness (QED) is 0.923. The summed E-state index contributed by atoms with van der Waals surface area (Å²) in [4.78, 5) is 19.7. The van der Waals surface area contributed by atoms with Crippen molar-refractivity contribution in [1.29, 1.82) is 0 Å². The van der Waals surface area contributed by atoms with Crippen molar-refractivity contribution in [2.45, 2.75) is 25.8 Å². The molecule has 1 fully saturated rings. The predicted molar refractivity (Wildman–Crippen MR) is 85.6 cm³/mol. The Kier molecular flexibility index (Phi) is 4.50. The molecule has 0 aliphatic carbocycles. The van der Waals surface area contributed by atoms with Gasteiger partial charge in [0.1, 0.15) is 5.82 Å². The molecule has 1 N–H and O–H groups in total. The first-order valence-electron chi connectivity index (χ1n) is 7.30. The molecule has 21 heavy (non-hydrogen) atoms. The monoisotopic (exact) mass is 301 g/mol. The Labute approximate surface area is 128 Å². The van der Waals surface area contributed by atoms with E-state index in [4.69, 9.17) is 0 Å². The van der Waals surface area contributed by atoms with Crippen LogP contribution < -0.4 is 10.2 Å². The summed E-state index contributed by atoms with van der Waals surface area (Å²) in [7, 11) is 0. The number of thiophene rings is 1. The van der Waals surface area contributed by atoms with E-state index in [9.17, 15) is 4.79 Å². The lowest BCUT2D eigenvalue weighted by molar-refractivity contribution is -0.120. The lowest BCUT2D eigenvalue weighted by atomic mass is 10.2. The lowest BCUT2D eigenvalue weighted by Crippen LogP contribution is -2.24. The van der Waals surface area contributed by atoms with Crippen LogP contribution in [0, 0.1) is 0 Å². The van der Waals surface area contributed by atoms with Crippen molar-refractivity contribution < 1.29 is 4.79 Å². The van der Waals surface area contributed by atoms with Gasteiger partial charge in [-0.1, -0.05) is 6.07 Å². The molecule has 0 saturated carbocycles. The van der Waals surface area contributed by atoms with Crippen LogP contribution in [0.1, 0.15) is 23.3 Å². The Morgan fingerprint density at radius 3 is 2.95 bits per heavy atom. The van der Waals surface area contributed by atoms with E-state index in [0.717, 1.165) is 29.3 Å². The Hall–Kier alpha value is -1.88. The van der Waals surface area contributed by atoms with Gasteiger partial charge in [-0.3, -0.25) is 4.79 Å². The maximum atomic E-state index is 11.9. The zero-order chi connectivity index (χ0) is 14.5. The minimum atomic E-state index is 0.0667. The summed E-state index contributed by atoms with van der Waals surface area (Å²) in [5, 5.41) is 4.97. The van der Waals surface area contributed by atoms with Crippen LogP contribution >= 0.6 is 11.3 Å². The van der Waals surface area contributed by atoms with Gasteiger partial charge in [0.25, 0.3) is 0 Å². The number of carbonyl (C=O) groups excluding carboxylic acids is 1. The zero-order valence-electron chi connectivity index (χ0n) is 11.9. The topological polar surface area (TPSA) is 45.2 Å². The molecule has 0 bridgehead atoms. The fourth-order valence-electron chi connectivity index (χ4n) is 2.52. The van der Waals surface area contributed by atoms with Crippen molar-refractivity contribution >= 4 is 23.1 Å². The number of amides is 1. The van der Waals surface area contributed by atoms with Gasteiger partial charge in [-0.25, -0.2) is 4.98 Å². The smallest absolute Gasteiger partial charge is 0.225 e. The fourth-order valence-corrected chi connectivity index (χ4v) is 3.23. The Balaban J connectivity index is 1.55. The van der Waals surface area contributed by atoms with Crippen LogP contribution in [0.4, 0.5) is 5.82 Å². The number of hydrogen-bond donors (Lipinski definition) is 1. The molecule has 1 aliphatic heterocycles. The highest BCUT2D eigenvalue weighted by Gasteiger charge is 2.13. The van der Waals surface area contributed by atoms with Gasteiger partial charge < -0.3 is 10.2 Å². The van der Waals surface area contributed by atoms with E-state index in [-0.39, 0.29) is 5.91 Å². The second-order valence-electron chi connectivity index (χ2n) is 5.25. The molecule has 0 spiro atoms. The second kappa shape index (κ2) is 6.72. The highest BCUT2D eigenvalue weighted by molar-refractivity contribution is 7.10. The Morgan fingerprint density at radius 2 is 2.19 bits per heavy atom. The highest BCUT2D eigenvalue weighted by atomic mass is 32.1. The highest BCUT2D eigenvalue weighted by Crippen LogP contribution is 2.18. The molecule has 5 heteroatoms. The molecule has 3 rings (SSSR count). The molecule has 0 radical (unpaired) electrons. The van der Waals surface area contributed by atoms with Crippen molar-refractivity contribution in [3.63, 3.8) is 0 Å². The summed E-state index contributed by atoms with van der Waals surface area (Å²) in [5.41, 5.74) is 1.10. The average molecular weight is 301 g/mol. The molecule has 0 aromatic carbocycles. The van der Waals surface area contributed by atoms with Crippen LogP contribution in [0.25, 0.3) is 0 Å². The van der Waals surface area contributed by atoms with E-state index in [1.165, 1.54) is 12.8 Å². The van der Waals surface area contributed by atoms with E-state index in [2.05, 4.69) is 21.3 Å². The van der Waals surface area contributed by atoms with E-state index >= 15 is 0 Å². The fraction of sp³-hybridized carbons (Fsp3) is 0.375. The number of carbonyl (C=O) groups is 1. The third-order valence-electron chi connectivity index (χ3n) is 3.64. The molecule has 4 nitrogen and oxygen atoms in total. The maximum absolute atomic E-state index is 11.9. The maximum Gasteiger partial charge on any atom is 0.225 e. The third kappa shape index (κ3) is 3.82. The molecule has 110 valence electrons. The molecule has 0 unspecified atom stereocenters. The number of hydrogen-bond acceptors (Lipinski definition) is 4. The number of pyridine rings is 1. The van der Waals surface area contributed by atoms with Gasteiger partial charge in [0.15, 0.2) is 0 Å². The van der Waals surface area contributed by atoms with Crippen molar-refractivity contribution in [1.82, 2.24) is 10.3 Å². The average Bonchev–Trinajstić information content (AvgIpc) is 3.19. The molecule has 1 saturated heterocycles.